The maximum absolute atomic E-state index is 2.65. The van der Waals surface area contributed by atoms with E-state index in [9.17, 15) is 0 Å². The molecule has 4 aliphatic carbocycles. The van der Waals surface area contributed by atoms with Crippen molar-refractivity contribution in [1.82, 2.24) is 0 Å². The van der Waals surface area contributed by atoms with Crippen LogP contribution in [0.25, 0.3) is 119 Å². The molecule has 1 atom stereocenters. The molecular formula is C70H38S. The van der Waals surface area contributed by atoms with Crippen LogP contribution >= 0.6 is 11.3 Å². The predicted octanol–water partition coefficient (Wildman–Crippen LogP) is 18.5. The van der Waals surface area contributed by atoms with Gasteiger partial charge in [-0.3, -0.25) is 0 Å². The van der Waals surface area contributed by atoms with Crippen molar-refractivity contribution in [2.24, 2.45) is 0 Å². The maximum Gasteiger partial charge on any atom is 0.0726 e. The van der Waals surface area contributed by atoms with Crippen molar-refractivity contribution >= 4 is 74.6 Å². The first-order chi connectivity index (χ1) is 35.2. The second kappa shape index (κ2) is 12.8. The van der Waals surface area contributed by atoms with E-state index in [2.05, 4.69) is 231 Å². The van der Waals surface area contributed by atoms with E-state index >= 15 is 0 Å². The molecule has 0 fully saturated rings. The first-order valence-corrected chi connectivity index (χ1v) is 25.8. The van der Waals surface area contributed by atoms with Crippen LogP contribution < -0.4 is 0 Å². The molecule has 1 unspecified atom stereocenters. The molecule has 0 saturated heterocycles. The molecule has 0 amide bonds. The van der Waals surface area contributed by atoms with Crippen molar-refractivity contribution in [2.45, 2.75) is 10.8 Å². The van der Waals surface area contributed by atoms with E-state index in [1.165, 1.54) is 163 Å². The minimum atomic E-state index is -0.525. The number of fused-ring (bicyclic) bond motifs is 27. The monoisotopic (exact) mass is 910 g/mol. The summed E-state index contributed by atoms with van der Waals surface area (Å²) >= 11 is 1.91. The third-order valence-corrected chi connectivity index (χ3v) is 18.8. The Kier molecular flexibility index (Phi) is 6.71. The van der Waals surface area contributed by atoms with Gasteiger partial charge in [-0.1, -0.05) is 206 Å². The van der Waals surface area contributed by atoms with Gasteiger partial charge in [0.2, 0.25) is 0 Å². The van der Waals surface area contributed by atoms with Gasteiger partial charge >= 0.3 is 0 Å². The highest BCUT2D eigenvalue weighted by molar-refractivity contribution is 7.26. The van der Waals surface area contributed by atoms with Crippen molar-refractivity contribution in [3.05, 3.63) is 275 Å². The zero-order valence-corrected chi connectivity index (χ0v) is 39.2. The van der Waals surface area contributed by atoms with E-state index < -0.39 is 10.8 Å². The standard InChI is InChI=1S/C70H38S/c1-7-28-55-41(16-1)42-17-2-8-29-56(42)69(55)58-31-10-4-20-49(58)66-51-26-14-24-47-54-38-62-67(52-27-15-23-46(65(52)54)53(64(47)51)37-61(66)69)50-21-5-11-32-59(50)70(62)57-30-9-3-18-43(57)44-35-34-39(36-60(44)70)40-22-13-25-48-45-19-6-12-33-63(45)71-68(40)48/h1-38H. The summed E-state index contributed by atoms with van der Waals surface area (Å²) in [5.41, 5.74) is 23.3. The quantitative estimate of drug-likeness (QED) is 0.114. The van der Waals surface area contributed by atoms with E-state index in [0.29, 0.717) is 0 Å². The van der Waals surface area contributed by atoms with Gasteiger partial charge in [0.15, 0.2) is 0 Å². The molecule has 0 radical (unpaired) electrons. The Labute approximate surface area is 413 Å². The van der Waals surface area contributed by atoms with Crippen LogP contribution in [-0.4, -0.2) is 0 Å². The predicted molar refractivity (Wildman–Crippen MR) is 299 cm³/mol. The molecule has 0 saturated carbocycles. The topological polar surface area (TPSA) is 0 Å². The second-order valence-corrected chi connectivity index (χ2v) is 21.5. The van der Waals surface area contributed by atoms with E-state index in [1.807, 2.05) is 11.3 Å². The average Bonchev–Trinajstić information content (AvgIpc) is 4.23. The molecule has 2 spiro atoms. The minimum Gasteiger partial charge on any atom is -0.135 e. The molecule has 18 rings (SSSR count). The number of rotatable bonds is 1. The summed E-state index contributed by atoms with van der Waals surface area (Å²) in [6, 6.07) is 89.1. The van der Waals surface area contributed by atoms with Gasteiger partial charge in [-0.15, -0.1) is 11.3 Å². The summed E-state index contributed by atoms with van der Waals surface area (Å²) in [7, 11) is 0. The fourth-order valence-corrected chi connectivity index (χ4v) is 16.4. The smallest absolute Gasteiger partial charge is 0.0726 e. The summed E-state index contributed by atoms with van der Waals surface area (Å²) in [4.78, 5) is 0. The number of benzene rings is 13. The first kappa shape index (κ1) is 37.3. The van der Waals surface area contributed by atoms with Crippen molar-refractivity contribution in [3.63, 3.8) is 0 Å². The van der Waals surface area contributed by atoms with E-state index in [4.69, 9.17) is 0 Å². The molecule has 0 bridgehead atoms. The lowest BCUT2D eigenvalue weighted by Crippen LogP contribution is -2.26. The van der Waals surface area contributed by atoms with Gasteiger partial charge in [0.05, 0.1) is 10.8 Å². The van der Waals surface area contributed by atoms with Gasteiger partial charge in [-0.25, -0.2) is 0 Å². The van der Waals surface area contributed by atoms with Crippen LogP contribution in [0.5, 0.6) is 0 Å². The van der Waals surface area contributed by atoms with E-state index in [0.717, 1.165) is 0 Å². The van der Waals surface area contributed by atoms with Crippen LogP contribution in [0.3, 0.4) is 0 Å². The average molecular weight is 911 g/mol. The van der Waals surface area contributed by atoms with Crippen LogP contribution in [0, 0.1) is 0 Å². The Bertz CT molecular complexity index is 4730. The highest BCUT2D eigenvalue weighted by Gasteiger charge is 2.54. The van der Waals surface area contributed by atoms with Gasteiger partial charge in [-0.2, -0.15) is 0 Å². The largest absolute Gasteiger partial charge is 0.135 e. The Morgan fingerprint density at radius 3 is 1.20 bits per heavy atom. The zero-order valence-electron chi connectivity index (χ0n) is 38.3. The molecule has 1 aromatic heterocycles. The fraction of sp³-hybridized carbons (Fsp3) is 0.0286. The second-order valence-electron chi connectivity index (χ2n) is 20.4. The van der Waals surface area contributed by atoms with Crippen LogP contribution in [0.1, 0.15) is 44.5 Å². The molecule has 0 N–H and O–H groups in total. The molecule has 0 aliphatic heterocycles. The Balaban J connectivity index is 0.972. The van der Waals surface area contributed by atoms with E-state index in [-0.39, 0.29) is 0 Å². The Morgan fingerprint density at radius 1 is 0.239 bits per heavy atom. The molecule has 4 aliphatic rings. The summed E-state index contributed by atoms with van der Waals surface area (Å²) in [6.45, 7) is 0. The molecule has 324 valence electrons. The Hall–Kier alpha value is -8.62. The van der Waals surface area contributed by atoms with Gasteiger partial charge in [-0.05, 0) is 167 Å². The molecule has 1 heterocycles. The lowest BCUT2D eigenvalue weighted by atomic mass is 9.69. The summed E-state index contributed by atoms with van der Waals surface area (Å²) in [5.74, 6) is 0. The van der Waals surface area contributed by atoms with Crippen molar-refractivity contribution in [2.75, 3.05) is 0 Å². The molecule has 14 aromatic rings. The van der Waals surface area contributed by atoms with Crippen LogP contribution in [-0.2, 0) is 10.8 Å². The van der Waals surface area contributed by atoms with Gasteiger partial charge in [0.25, 0.3) is 0 Å². The maximum atomic E-state index is 2.65. The van der Waals surface area contributed by atoms with E-state index in [1.54, 1.807) is 0 Å². The van der Waals surface area contributed by atoms with Gasteiger partial charge in [0.1, 0.15) is 0 Å². The molecule has 71 heavy (non-hydrogen) atoms. The molecule has 13 aromatic carbocycles. The highest BCUT2D eigenvalue weighted by atomic mass is 32.1. The number of thiophene rings is 1. The third kappa shape index (κ3) is 4.15. The van der Waals surface area contributed by atoms with Crippen molar-refractivity contribution < 1.29 is 0 Å². The number of hydrogen-bond acceptors (Lipinski definition) is 1. The summed E-state index contributed by atoms with van der Waals surface area (Å²) in [6.07, 6.45) is 0. The molecule has 0 nitrogen and oxygen atoms in total. The van der Waals surface area contributed by atoms with Crippen molar-refractivity contribution in [1.29, 1.82) is 0 Å². The highest BCUT2D eigenvalue weighted by Crippen LogP contribution is 2.67. The SMILES string of the molecule is c1ccc2c(c1)-c1ccccc1C21c2ccccc2-c2c1cc1c3cccc4c5c(cc(c6cccc2c61)c43)C1(c2ccccc2-c2ccc(-c3cccc4c3sc3ccccc34)cc21)c1ccccc1-5. The van der Waals surface area contributed by atoms with Crippen LogP contribution in [0.2, 0.25) is 0 Å². The molecule has 1 heteroatoms. The zero-order chi connectivity index (χ0) is 45.9. The number of hydrogen-bond donors (Lipinski definition) is 0. The van der Waals surface area contributed by atoms with Gasteiger partial charge < -0.3 is 0 Å². The van der Waals surface area contributed by atoms with Gasteiger partial charge in [0, 0.05) is 20.2 Å². The van der Waals surface area contributed by atoms with Crippen LogP contribution in [0.15, 0.2) is 231 Å². The minimum absolute atomic E-state index is 0.429. The lowest BCUT2D eigenvalue weighted by molar-refractivity contribution is 0.795. The molecular weight excluding hydrogens is 873 g/mol. The third-order valence-electron chi connectivity index (χ3n) is 17.6. The Morgan fingerprint density at radius 2 is 0.634 bits per heavy atom. The lowest BCUT2D eigenvalue weighted by Gasteiger charge is -2.32. The van der Waals surface area contributed by atoms with Crippen LogP contribution in [0.4, 0.5) is 0 Å². The fourth-order valence-electron chi connectivity index (χ4n) is 15.2. The first-order valence-electron chi connectivity index (χ1n) is 25.0. The van der Waals surface area contributed by atoms with Crippen molar-refractivity contribution in [3.8, 4) is 55.6 Å². The summed E-state index contributed by atoms with van der Waals surface area (Å²) in [5, 5.41) is 13.3. The normalized spacial score (nSPS) is 16.1. The summed E-state index contributed by atoms with van der Waals surface area (Å²) < 4.78 is 2.68.